The highest BCUT2D eigenvalue weighted by Crippen LogP contribution is 2.41. The molecule has 0 aliphatic carbocycles. The summed E-state index contributed by atoms with van der Waals surface area (Å²) < 4.78 is 2.33. The van der Waals surface area contributed by atoms with E-state index in [1.807, 2.05) is 18.2 Å². The van der Waals surface area contributed by atoms with Gasteiger partial charge in [-0.15, -0.1) is 12.4 Å². The third-order valence-corrected chi connectivity index (χ3v) is 6.42. The van der Waals surface area contributed by atoms with Crippen LogP contribution in [0.15, 0.2) is 60.8 Å². The molecule has 4 heterocycles. The maximum absolute atomic E-state index is 6.21. The summed E-state index contributed by atoms with van der Waals surface area (Å²) in [4.78, 5) is 7.50. The quantitative estimate of drug-likeness (QED) is 0.516. The van der Waals surface area contributed by atoms with Gasteiger partial charge in [-0.1, -0.05) is 41.9 Å². The molecule has 6 heteroatoms. The maximum Gasteiger partial charge on any atom is 0.138 e. The molecule has 2 aromatic heterocycles. The Hall–Kier alpha value is -2.27. The first-order valence-corrected chi connectivity index (χ1v) is 10.2. The van der Waals surface area contributed by atoms with E-state index in [1.54, 1.807) is 0 Å². The minimum Gasteiger partial charge on any atom is -0.355 e. The molecule has 29 heavy (non-hydrogen) atoms. The molecule has 6 rings (SSSR count). The zero-order valence-electron chi connectivity index (χ0n) is 15.9. The highest BCUT2D eigenvalue weighted by molar-refractivity contribution is 6.30. The Labute approximate surface area is 180 Å². The molecule has 0 saturated carbocycles. The van der Waals surface area contributed by atoms with E-state index in [2.05, 4.69) is 57.4 Å². The van der Waals surface area contributed by atoms with Crippen LogP contribution in [0.2, 0.25) is 5.02 Å². The first-order valence-electron chi connectivity index (χ1n) is 9.79. The van der Waals surface area contributed by atoms with Crippen LogP contribution in [0, 0.1) is 5.41 Å². The largest absolute Gasteiger partial charge is 0.355 e. The number of hydrogen-bond acceptors (Lipinski definition) is 3. The van der Waals surface area contributed by atoms with E-state index in [0.29, 0.717) is 5.41 Å². The molecule has 2 saturated heterocycles. The predicted molar refractivity (Wildman–Crippen MR) is 123 cm³/mol. The third kappa shape index (κ3) is 2.98. The fourth-order valence-corrected chi connectivity index (χ4v) is 4.93. The molecule has 0 unspecified atom stereocenters. The first-order chi connectivity index (χ1) is 13.7. The van der Waals surface area contributed by atoms with E-state index in [9.17, 15) is 0 Å². The minimum atomic E-state index is 0. The van der Waals surface area contributed by atoms with Gasteiger partial charge in [0.25, 0.3) is 0 Å². The van der Waals surface area contributed by atoms with Crippen LogP contribution in [0.4, 0.5) is 5.82 Å². The van der Waals surface area contributed by atoms with Crippen LogP contribution in [0.5, 0.6) is 0 Å². The van der Waals surface area contributed by atoms with Crippen molar-refractivity contribution in [3.8, 4) is 0 Å². The smallest absolute Gasteiger partial charge is 0.138 e. The van der Waals surface area contributed by atoms with Crippen LogP contribution in [0.25, 0.3) is 21.8 Å². The summed E-state index contributed by atoms with van der Waals surface area (Å²) in [6, 6.07) is 18.8. The molecule has 0 radical (unpaired) electrons. The normalized spacial score (nSPS) is 17.2. The standard InChI is InChI=1S/C23H21ClN4.ClH/c24-17-5-3-4-16(10-17)11-27-9-8-19-21(27)18-6-1-2-7-20(18)26-22(19)28-14-23(15-28)12-25-13-23;/h1-10,25H,11-15H2;1H. The Morgan fingerprint density at radius 3 is 2.59 bits per heavy atom. The van der Waals surface area contributed by atoms with Gasteiger partial charge in [0.05, 0.1) is 11.0 Å². The van der Waals surface area contributed by atoms with Crippen molar-refractivity contribution in [1.82, 2.24) is 14.9 Å². The van der Waals surface area contributed by atoms with Gasteiger partial charge >= 0.3 is 0 Å². The molecule has 2 aromatic carbocycles. The summed E-state index contributed by atoms with van der Waals surface area (Å²) >= 11 is 6.21. The summed E-state index contributed by atoms with van der Waals surface area (Å²) in [5.74, 6) is 1.12. The molecular formula is C23H22Cl2N4. The van der Waals surface area contributed by atoms with Gasteiger partial charge in [-0.25, -0.2) is 4.98 Å². The number of rotatable bonds is 3. The van der Waals surface area contributed by atoms with Crippen molar-refractivity contribution in [2.75, 3.05) is 31.1 Å². The number of nitrogens with one attached hydrogen (secondary N) is 1. The Kier molecular flexibility index (Phi) is 4.46. The number of halogens is 2. The average Bonchev–Trinajstić information content (AvgIpc) is 3.03. The van der Waals surface area contributed by atoms with Crippen molar-refractivity contribution in [3.05, 3.63) is 71.4 Å². The highest BCUT2D eigenvalue weighted by atomic mass is 35.5. The fourth-order valence-electron chi connectivity index (χ4n) is 4.72. The molecule has 4 aromatic rings. The summed E-state index contributed by atoms with van der Waals surface area (Å²) in [5.41, 5.74) is 4.00. The number of anilines is 1. The maximum atomic E-state index is 6.21. The number of fused-ring (bicyclic) bond motifs is 3. The lowest BCUT2D eigenvalue weighted by Crippen LogP contribution is -2.71. The number of hydrogen-bond donors (Lipinski definition) is 1. The van der Waals surface area contributed by atoms with E-state index in [-0.39, 0.29) is 12.4 Å². The van der Waals surface area contributed by atoms with Gasteiger partial charge in [-0.3, -0.25) is 0 Å². The SMILES string of the molecule is Cl.Clc1cccc(Cn2ccc3c(N4CC5(CNC5)C4)nc4ccccc4c32)c1. The lowest BCUT2D eigenvalue weighted by atomic mass is 9.74. The summed E-state index contributed by atoms with van der Waals surface area (Å²) in [7, 11) is 0. The van der Waals surface area contributed by atoms with E-state index in [4.69, 9.17) is 16.6 Å². The second kappa shape index (κ2) is 6.91. The fraction of sp³-hybridized carbons (Fsp3) is 0.261. The van der Waals surface area contributed by atoms with Crippen molar-refractivity contribution in [1.29, 1.82) is 0 Å². The summed E-state index contributed by atoms with van der Waals surface area (Å²) in [6.45, 7) is 5.26. The Morgan fingerprint density at radius 2 is 1.83 bits per heavy atom. The molecule has 2 aliphatic heterocycles. The van der Waals surface area contributed by atoms with Crippen LogP contribution in [-0.4, -0.2) is 35.7 Å². The van der Waals surface area contributed by atoms with Crippen molar-refractivity contribution >= 4 is 51.6 Å². The van der Waals surface area contributed by atoms with Crippen LogP contribution in [0.3, 0.4) is 0 Å². The third-order valence-electron chi connectivity index (χ3n) is 6.18. The second-order valence-corrected chi connectivity index (χ2v) is 8.68. The van der Waals surface area contributed by atoms with Gasteiger partial charge in [-0.2, -0.15) is 0 Å². The molecule has 2 aliphatic rings. The van der Waals surface area contributed by atoms with E-state index in [1.165, 1.54) is 21.9 Å². The number of benzene rings is 2. The van der Waals surface area contributed by atoms with E-state index in [0.717, 1.165) is 49.1 Å². The molecule has 2 fully saturated rings. The number of pyridine rings is 1. The zero-order valence-corrected chi connectivity index (χ0v) is 17.5. The molecule has 0 atom stereocenters. The van der Waals surface area contributed by atoms with Gasteiger partial charge in [0, 0.05) is 60.1 Å². The lowest BCUT2D eigenvalue weighted by molar-refractivity contribution is 0.121. The monoisotopic (exact) mass is 424 g/mol. The Balaban J connectivity index is 0.00000181. The van der Waals surface area contributed by atoms with Crippen LogP contribution in [0.1, 0.15) is 5.56 Å². The van der Waals surface area contributed by atoms with Crippen molar-refractivity contribution < 1.29 is 0 Å². The van der Waals surface area contributed by atoms with Crippen LogP contribution in [-0.2, 0) is 6.54 Å². The summed E-state index contributed by atoms with van der Waals surface area (Å²) in [5, 5.41) is 6.64. The van der Waals surface area contributed by atoms with Crippen molar-refractivity contribution in [2.24, 2.45) is 5.41 Å². The van der Waals surface area contributed by atoms with E-state index < -0.39 is 0 Å². The van der Waals surface area contributed by atoms with Gasteiger partial charge in [0.1, 0.15) is 5.82 Å². The molecular weight excluding hydrogens is 403 g/mol. The Morgan fingerprint density at radius 1 is 1.00 bits per heavy atom. The van der Waals surface area contributed by atoms with Gasteiger partial charge < -0.3 is 14.8 Å². The number of nitrogens with zero attached hydrogens (tertiary/aromatic N) is 3. The molecule has 4 nitrogen and oxygen atoms in total. The number of aromatic nitrogens is 2. The first kappa shape index (κ1) is 18.7. The predicted octanol–water partition coefficient (Wildman–Crippen LogP) is 4.72. The molecule has 148 valence electrons. The highest BCUT2D eigenvalue weighted by Gasteiger charge is 2.48. The zero-order chi connectivity index (χ0) is 18.7. The van der Waals surface area contributed by atoms with Crippen molar-refractivity contribution in [2.45, 2.75) is 6.54 Å². The molecule has 0 bridgehead atoms. The average molecular weight is 425 g/mol. The van der Waals surface area contributed by atoms with Crippen LogP contribution < -0.4 is 10.2 Å². The lowest BCUT2D eigenvalue weighted by Gasteiger charge is -2.56. The number of para-hydroxylation sites is 1. The molecule has 1 spiro atoms. The summed E-state index contributed by atoms with van der Waals surface area (Å²) in [6.07, 6.45) is 2.18. The molecule has 1 N–H and O–H groups in total. The minimum absolute atomic E-state index is 0. The van der Waals surface area contributed by atoms with Gasteiger partial charge in [-0.05, 0) is 29.8 Å². The van der Waals surface area contributed by atoms with E-state index >= 15 is 0 Å². The van der Waals surface area contributed by atoms with Crippen LogP contribution >= 0.6 is 24.0 Å². The topological polar surface area (TPSA) is 33.1 Å². The molecule has 0 amide bonds. The van der Waals surface area contributed by atoms with Gasteiger partial charge in [0.2, 0.25) is 0 Å². The van der Waals surface area contributed by atoms with Gasteiger partial charge in [0.15, 0.2) is 0 Å². The van der Waals surface area contributed by atoms with Crippen molar-refractivity contribution in [3.63, 3.8) is 0 Å². The second-order valence-electron chi connectivity index (χ2n) is 8.25. The Bertz CT molecular complexity index is 1200.